The molecule has 0 spiro atoms. The number of carboxylic acid groups (broad SMARTS) is 1. The third-order valence-corrected chi connectivity index (χ3v) is 4.50. The molecule has 2 amide bonds. The Kier molecular flexibility index (Phi) is 9.67. The van der Waals surface area contributed by atoms with E-state index in [9.17, 15) is 9.59 Å². The lowest BCUT2D eigenvalue weighted by Gasteiger charge is -2.30. The van der Waals surface area contributed by atoms with Crippen LogP contribution >= 0.6 is 0 Å². The lowest BCUT2D eigenvalue weighted by atomic mass is 9.86. The molecule has 1 aliphatic carbocycles. The molecule has 0 atom stereocenters. The van der Waals surface area contributed by atoms with E-state index in [1.54, 1.807) is 7.11 Å². The molecule has 2 N–H and O–H groups in total. The normalized spacial score (nSPS) is 21.0. The van der Waals surface area contributed by atoms with Crippen LogP contribution in [0.2, 0.25) is 0 Å². The number of carbonyl (C=O) groups excluding carboxylic acids is 1. The molecule has 6 nitrogen and oxygen atoms in total. The number of nitrogens with zero attached hydrogens (tertiary/aromatic N) is 1. The molecule has 0 aromatic rings. The first kappa shape index (κ1) is 19.7. The first-order valence-corrected chi connectivity index (χ1v) is 8.85. The molecule has 0 bridgehead atoms. The molecular weight excluding hydrogens is 296 g/mol. The van der Waals surface area contributed by atoms with E-state index in [0.29, 0.717) is 26.0 Å². The molecule has 0 unspecified atom stereocenters. The summed E-state index contributed by atoms with van der Waals surface area (Å²) in [6.07, 6.45) is 6.92. The van der Waals surface area contributed by atoms with Gasteiger partial charge in [-0.3, -0.25) is 4.79 Å². The number of nitrogens with one attached hydrogen (secondary N) is 1. The summed E-state index contributed by atoms with van der Waals surface area (Å²) < 4.78 is 5.07. The maximum absolute atomic E-state index is 12.5. The van der Waals surface area contributed by atoms with Gasteiger partial charge in [0.2, 0.25) is 0 Å². The van der Waals surface area contributed by atoms with Crippen molar-refractivity contribution in [2.75, 3.05) is 26.8 Å². The predicted molar refractivity (Wildman–Crippen MR) is 89.5 cm³/mol. The Balaban J connectivity index is 2.40. The molecule has 1 saturated carbocycles. The van der Waals surface area contributed by atoms with Crippen LogP contribution in [0.25, 0.3) is 0 Å². The summed E-state index contributed by atoms with van der Waals surface area (Å²) in [4.78, 5) is 25.3. The minimum Gasteiger partial charge on any atom is -0.481 e. The van der Waals surface area contributed by atoms with Crippen molar-refractivity contribution in [2.45, 2.75) is 64.3 Å². The van der Waals surface area contributed by atoms with Crippen LogP contribution in [0, 0.1) is 5.92 Å². The number of rotatable bonds is 10. The zero-order chi connectivity index (χ0) is 17.1. The summed E-state index contributed by atoms with van der Waals surface area (Å²) in [7, 11) is 1.67. The summed E-state index contributed by atoms with van der Waals surface area (Å²) in [6.45, 7) is 4.28. The lowest BCUT2D eigenvalue weighted by molar-refractivity contribution is -0.142. The third kappa shape index (κ3) is 7.68. The second-order valence-electron chi connectivity index (χ2n) is 6.38. The average Bonchev–Trinajstić information content (AvgIpc) is 2.54. The van der Waals surface area contributed by atoms with E-state index in [-0.39, 0.29) is 18.0 Å². The van der Waals surface area contributed by atoms with Gasteiger partial charge in [-0.15, -0.1) is 0 Å². The molecule has 0 radical (unpaired) electrons. The van der Waals surface area contributed by atoms with Gasteiger partial charge in [-0.2, -0.15) is 0 Å². The molecule has 0 saturated heterocycles. The smallest absolute Gasteiger partial charge is 0.317 e. The van der Waals surface area contributed by atoms with E-state index in [1.807, 2.05) is 4.90 Å². The van der Waals surface area contributed by atoms with Crippen molar-refractivity contribution in [1.29, 1.82) is 0 Å². The van der Waals surface area contributed by atoms with Crippen LogP contribution in [0.1, 0.15) is 58.3 Å². The van der Waals surface area contributed by atoms with Crippen molar-refractivity contribution in [2.24, 2.45) is 5.92 Å². The van der Waals surface area contributed by atoms with Crippen molar-refractivity contribution >= 4 is 12.0 Å². The van der Waals surface area contributed by atoms with E-state index >= 15 is 0 Å². The van der Waals surface area contributed by atoms with Gasteiger partial charge in [0.1, 0.15) is 0 Å². The molecule has 134 valence electrons. The fraction of sp³-hybridized carbons (Fsp3) is 0.882. The van der Waals surface area contributed by atoms with Crippen molar-refractivity contribution in [1.82, 2.24) is 10.2 Å². The number of unbranched alkanes of at least 4 members (excludes halogenated alkanes) is 2. The quantitative estimate of drug-likeness (QED) is 0.604. The Morgan fingerprint density at radius 2 is 1.78 bits per heavy atom. The number of carboxylic acids is 1. The maximum atomic E-state index is 12.5. The Bertz CT molecular complexity index is 345. The predicted octanol–water partition coefficient (Wildman–Crippen LogP) is 2.87. The monoisotopic (exact) mass is 328 g/mol. The molecule has 23 heavy (non-hydrogen) atoms. The van der Waals surface area contributed by atoms with Gasteiger partial charge < -0.3 is 20.1 Å². The molecule has 1 aliphatic rings. The fourth-order valence-corrected chi connectivity index (χ4v) is 3.02. The topological polar surface area (TPSA) is 78.9 Å². The van der Waals surface area contributed by atoms with Gasteiger partial charge in [0, 0.05) is 32.8 Å². The maximum Gasteiger partial charge on any atom is 0.317 e. The van der Waals surface area contributed by atoms with Gasteiger partial charge in [-0.1, -0.05) is 19.8 Å². The average molecular weight is 328 g/mol. The van der Waals surface area contributed by atoms with Crippen molar-refractivity contribution in [3.63, 3.8) is 0 Å². The van der Waals surface area contributed by atoms with E-state index in [1.165, 1.54) is 0 Å². The van der Waals surface area contributed by atoms with Gasteiger partial charge in [0.05, 0.1) is 5.92 Å². The summed E-state index contributed by atoms with van der Waals surface area (Å²) in [5, 5.41) is 12.1. The number of ether oxygens (including phenoxy) is 1. The van der Waals surface area contributed by atoms with Crippen LogP contribution in [-0.2, 0) is 9.53 Å². The van der Waals surface area contributed by atoms with E-state index in [0.717, 1.165) is 45.1 Å². The number of hydrogen-bond donors (Lipinski definition) is 2. The third-order valence-electron chi connectivity index (χ3n) is 4.50. The first-order valence-electron chi connectivity index (χ1n) is 8.85. The second-order valence-corrected chi connectivity index (χ2v) is 6.38. The summed E-state index contributed by atoms with van der Waals surface area (Å²) in [5.41, 5.74) is 0. The van der Waals surface area contributed by atoms with Crippen molar-refractivity contribution in [3.05, 3.63) is 0 Å². The highest BCUT2D eigenvalue weighted by atomic mass is 16.5. The molecular formula is C17H32N2O4. The highest BCUT2D eigenvalue weighted by molar-refractivity contribution is 5.74. The highest BCUT2D eigenvalue weighted by Gasteiger charge is 2.27. The van der Waals surface area contributed by atoms with Gasteiger partial charge in [0.25, 0.3) is 0 Å². The minimum atomic E-state index is -0.712. The first-order chi connectivity index (χ1) is 11.1. The number of carbonyl (C=O) groups is 2. The number of methoxy groups -OCH3 is 1. The molecule has 0 heterocycles. The van der Waals surface area contributed by atoms with Crippen molar-refractivity contribution in [3.8, 4) is 0 Å². The lowest BCUT2D eigenvalue weighted by Crippen LogP contribution is -2.47. The zero-order valence-corrected chi connectivity index (χ0v) is 14.6. The Morgan fingerprint density at radius 1 is 1.13 bits per heavy atom. The van der Waals surface area contributed by atoms with Crippen molar-refractivity contribution < 1.29 is 19.4 Å². The van der Waals surface area contributed by atoms with E-state index < -0.39 is 5.97 Å². The second kappa shape index (κ2) is 11.3. The number of aliphatic carboxylic acids is 1. The largest absolute Gasteiger partial charge is 0.481 e. The molecule has 0 aromatic heterocycles. The Morgan fingerprint density at radius 3 is 2.35 bits per heavy atom. The Hall–Kier alpha value is -1.30. The van der Waals surface area contributed by atoms with Gasteiger partial charge >= 0.3 is 12.0 Å². The zero-order valence-electron chi connectivity index (χ0n) is 14.6. The van der Waals surface area contributed by atoms with Gasteiger partial charge in [0.15, 0.2) is 0 Å². The SMILES string of the molecule is CCCCCN(CCCOC)C(=O)NC1CCC(C(=O)O)CC1. The molecule has 0 aliphatic heterocycles. The number of urea groups is 1. The summed E-state index contributed by atoms with van der Waals surface area (Å²) >= 11 is 0. The standard InChI is InChI=1S/C17H32N2O4/c1-3-4-5-11-19(12-6-13-23-2)17(22)18-15-9-7-14(8-10-15)16(20)21/h14-15H,3-13H2,1-2H3,(H,18,22)(H,20,21). The Labute approximate surface area is 139 Å². The van der Waals surface area contributed by atoms with Crippen LogP contribution in [0.15, 0.2) is 0 Å². The van der Waals surface area contributed by atoms with E-state index in [2.05, 4.69) is 12.2 Å². The fourth-order valence-electron chi connectivity index (χ4n) is 3.02. The molecule has 1 rings (SSSR count). The van der Waals surface area contributed by atoms with Gasteiger partial charge in [-0.05, 0) is 38.5 Å². The molecule has 1 fully saturated rings. The number of hydrogen-bond acceptors (Lipinski definition) is 3. The molecule has 0 aromatic carbocycles. The number of amides is 2. The van der Waals surface area contributed by atoms with Crippen LogP contribution in [0.3, 0.4) is 0 Å². The van der Waals surface area contributed by atoms with Gasteiger partial charge in [-0.25, -0.2) is 4.79 Å². The highest BCUT2D eigenvalue weighted by Crippen LogP contribution is 2.24. The van der Waals surface area contributed by atoms with Crippen LogP contribution in [0.4, 0.5) is 4.79 Å². The van der Waals surface area contributed by atoms with Crippen LogP contribution in [-0.4, -0.2) is 54.9 Å². The van der Waals surface area contributed by atoms with E-state index in [4.69, 9.17) is 9.84 Å². The summed E-state index contributed by atoms with van der Waals surface area (Å²) in [6, 6.07) is 0.0881. The molecule has 6 heteroatoms. The van der Waals surface area contributed by atoms with Crippen LogP contribution < -0.4 is 5.32 Å². The summed E-state index contributed by atoms with van der Waals surface area (Å²) in [5.74, 6) is -0.957. The van der Waals surface area contributed by atoms with Crippen LogP contribution in [0.5, 0.6) is 0 Å². The minimum absolute atomic E-state index is 0.0176.